The Morgan fingerprint density at radius 1 is 1.24 bits per heavy atom. The van der Waals surface area contributed by atoms with Crippen LogP contribution in [0.5, 0.6) is 0 Å². The van der Waals surface area contributed by atoms with Crippen molar-refractivity contribution in [2.75, 3.05) is 29.6 Å². The molecule has 0 saturated heterocycles. The number of aromatic nitrogens is 4. The van der Waals surface area contributed by atoms with Gasteiger partial charge in [-0.15, -0.1) is 16.9 Å². The largest absolute Gasteiger partial charge is 0.481 e. The van der Waals surface area contributed by atoms with E-state index >= 15 is 0 Å². The third-order valence-corrected chi connectivity index (χ3v) is 6.26. The number of pyridine rings is 1. The number of benzene rings is 1. The lowest BCUT2D eigenvalue weighted by atomic mass is 10.2. The maximum Gasteiger partial charge on any atom is 0.305 e. The van der Waals surface area contributed by atoms with E-state index in [0.29, 0.717) is 23.8 Å². The number of fused-ring (bicyclic) bond motifs is 1. The molecular formula is C22H23N7O4S. The molecule has 2 aromatic heterocycles. The van der Waals surface area contributed by atoms with Crippen LogP contribution < -0.4 is 15.5 Å². The molecule has 3 heterocycles. The monoisotopic (exact) mass is 481 g/mol. The molecule has 0 aliphatic carbocycles. The van der Waals surface area contributed by atoms with Gasteiger partial charge in [0.15, 0.2) is 0 Å². The minimum atomic E-state index is -0.903. The van der Waals surface area contributed by atoms with E-state index in [-0.39, 0.29) is 24.7 Å². The lowest BCUT2D eigenvalue weighted by Crippen LogP contribution is -2.48. The van der Waals surface area contributed by atoms with Gasteiger partial charge in [0.25, 0.3) is 5.91 Å². The predicted molar refractivity (Wildman–Crippen MR) is 126 cm³/mol. The van der Waals surface area contributed by atoms with E-state index in [9.17, 15) is 14.4 Å². The average Bonchev–Trinajstić information content (AvgIpc) is 3.26. The Bertz CT molecular complexity index is 1200. The maximum atomic E-state index is 13.0. The summed E-state index contributed by atoms with van der Waals surface area (Å²) >= 11 is 1.40. The molecule has 176 valence electrons. The van der Waals surface area contributed by atoms with Crippen LogP contribution >= 0.6 is 11.8 Å². The van der Waals surface area contributed by atoms with E-state index in [0.717, 1.165) is 10.5 Å². The number of anilines is 2. The minimum Gasteiger partial charge on any atom is -0.481 e. The lowest BCUT2D eigenvalue weighted by Gasteiger charge is -2.21. The first-order valence-corrected chi connectivity index (χ1v) is 11.5. The van der Waals surface area contributed by atoms with Crippen LogP contribution in [0, 0.1) is 0 Å². The molecule has 2 amide bonds. The van der Waals surface area contributed by atoms with Gasteiger partial charge in [-0.2, -0.15) is 0 Å². The number of nitrogens with zero attached hydrogens (tertiary/aromatic N) is 5. The number of likely N-dealkylation sites (N-methyl/N-ethyl adjacent to an activating group) is 1. The highest BCUT2D eigenvalue weighted by Gasteiger charge is 2.31. The molecule has 0 spiro atoms. The van der Waals surface area contributed by atoms with Crippen molar-refractivity contribution in [3.05, 3.63) is 60.3 Å². The Hall–Kier alpha value is -3.93. The summed E-state index contributed by atoms with van der Waals surface area (Å²) in [6.45, 7) is 0.719. The highest BCUT2D eigenvalue weighted by molar-refractivity contribution is 7.99. The van der Waals surface area contributed by atoms with Crippen molar-refractivity contribution in [3.63, 3.8) is 0 Å². The van der Waals surface area contributed by atoms with Crippen LogP contribution in [0.25, 0.3) is 0 Å². The quantitative estimate of drug-likeness (QED) is 0.436. The number of carboxylic acid groups (broad SMARTS) is 1. The third kappa shape index (κ3) is 5.52. The molecule has 1 atom stereocenters. The van der Waals surface area contributed by atoms with Crippen molar-refractivity contribution in [2.45, 2.75) is 23.9 Å². The van der Waals surface area contributed by atoms with E-state index in [1.807, 2.05) is 30.3 Å². The fourth-order valence-electron chi connectivity index (χ4n) is 3.36. The third-order valence-electron chi connectivity index (χ3n) is 5.12. The highest BCUT2D eigenvalue weighted by Crippen LogP contribution is 2.34. The molecule has 0 unspecified atom stereocenters. The first kappa shape index (κ1) is 23.2. The normalized spacial score (nSPS) is 15.4. The SMILES string of the molecule is CN1C(=O)[C@@H](NC(=O)c2ncn(Cc3ccccc3)n2)CSc2cc(NCCC(=O)O)ncc21. The number of thioether (sulfide) groups is 1. The molecule has 0 fully saturated rings. The molecule has 12 heteroatoms. The number of hydrogen-bond donors (Lipinski definition) is 3. The fourth-order valence-corrected chi connectivity index (χ4v) is 4.46. The Kier molecular flexibility index (Phi) is 7.07. The molecule has 1 aromatic carbocycles. The molecule has 34 heavy (non-hydrogen) atoms. The number of carbonyl (C=O) groups is 3. The van der Waals surface area contributed by atoms with Gasteiger partial charge in [-0.25, -0.2) is 14.6 Å². The number of amides is 2. The Morgan fingerprint density at radius 2 is 2.03 bits per heavy atom. The van der Waals surface area contributed by atoms with Crippen molar-refractivity contribution in [3.8, 4) is 0 Å². The summed E-state index contributed by atoms with van der Waals surface area (Å²) < 4.78 is 1.57. The van der Waals surface area contributed by atoms with Crippen LogP contribution in [-0.4, -0.2) is 68.0 Å². The van der Waals surface area contributed by atoms with Gasteiger partial charge in [-0.1, -0.05) is 30.3 Å². The van der Waals surface area contributed by atoms with Crippen molar-refractivity contribution < 1.29 is 19.5 Å². The van der Waals surface area contributed by atoms with E-state index in [1.54, 1.807) is 24.0 Å². The van der Waals surface area contributed by atoms with Gasteiger partial charge in [0.2, 0.25) is 11.7 Å². The van der Waals surface area contributed by atoms with E-state index in [1.165, 1.54) is 23.0 Å². The molecule has 3 N–H and O–H groups in total. The molecule has 1 aliphatic rings. The number of hydrogen-bond acceptors (Lipinski definition) is 8. The van der Waals surface area contributed by atoms with Crippen LogP contribution in [0.4, 0.5) is 11.5 Å². The van der Waals surface area contributed by atoms with Gasteiger partial charge in [0.1, 0.15) is 18.2 Å². The van der Waals surface area contributed by atoms with Crippen LogP contribution in [0.1, 0.15) is 22.6 Å². The van der Waals surface area contributed by atoms with Gasteiger partial charge in [-0.3, -0.25) is 14.4 Å². The van der Waals surface area contributed by atoms with Crippen LogP contribution in [0.2, 0.25) is 0 Å². The lowest BCUT2D eigenvalue weighted by molar-refractivity contribution is -0.136. The zero-order valence-electron chi connectivity index (χ0n) is 18.3. The molecule has 3 aromatic rings. The number of nitrogens with one attached hydrogen (secondary N) is 2. The summed E-state index contributed by atoms with van der Waals surface area (Å²) in [5.74, 6) is -0.893. The second-order valence-electron chi connectivity index (χ2n) is 7.59. The standard InChI is InChI=1S/C22H23N7O4S/c1-28-16-10-24-18(23-8-7-19(30)31)9-17(16)34-12-15(22(28)33)26-21(32)20-25-13-29(27-20)11-14-5-3-2-4-6-14/h2-6,9-10,13,15H,7-8,11-12H2,1H3,(H,23,24)(H,26,32)(H,30,31)/t15-/m0/s1. The molecule has 4 rings (SSSR count). The Morgan fingerprint density at radius 3 is 2.79 bits per heavy atom. The van der Waals surface area contributed by atoms with E-state index in [2.05, 4.69) is 25.7 Å². The fraction of sp³-hybridized carbons (Fsp3) is 0.273. The molecule has 0 saturated carbocycles. The summed E-state index contributed by atoms with van der Waals surface area (Å²) in [7, 11) is 1.62. The topological polar surface area (TPSA) is 142 Å². The number of carbonyl (C=O) groups excluding carboxylic acids is 2. The van der Waals surface area contributed by atoms with Crippen LogP contribution in [0.15, 0.2) is 53.8 Å². The first-order valence-electron chi connectivity index (χ1n) is 10.5. The number of aliphatic carboxylic acids is 1. The zero-order chi connectivity index (χ0) is 24.1. The summed E-state index contributed by atoms with van der Waals surface area (Å²) in [4.78, 5) is 47.0. The van der Waals surface area contributed by atoms with Gasteiger partial charge < -0.3 is 20.6 Å². The second kappa shape index (κ2) is 10.3. The van der Waals surface area contributed by atoms with E-state index in [4.69, 9.17) is 5.11 Å². The van der Waals surface area contributed by atoms with Crippen molar-refractivity contribution in [1.82, 2.24) is 25.1 Å². The summed E-state index contributed by atoms with van der Waals surface area (Å²) in [6, 6.07) is 10.7. The van der Waals surface area contributed by atoms with Crippen molar-refractivity contribution in [2.24, 2.45) is 0 Å². The minimum absolute atomic E-state index is 0.00951. The molecule has 0 radical (unpaired) electrons. The molecule has 1 aliphatic heterocycles. The van der Waals surface area contributed by atoms with Gasteiger partial charge in [0, 0.05) is 24.2 Å². The average molecular weight is 482 g/mol. The first-order chi connectivity index (χ1) is 16.4. The Balaban J connectivity index is 1.40. The van der Waals surface area contributed by atoms with E-state index < -0.39 is 17.9 Å². The van der Waals surface area contributed by atoms with Gasteiger partial charge in [-0.05, 0) is 11.6 Å². The summed E-state index contributed by atoms with van der Waals surface area (Å²) in [6.07, 6.45) is 3.01. The summed E-state index contributed by atoms with van der Waals surface area (Å²) in [5, 5.41) is 18.7. The van der Waals surface area contributed by atoms with Crippen LogP contribution in [0.3, 0.4) is 0 Å². The predicted octanol–water partition coefficient (Wildman–Crippen LogP) is 1.48. The van der Waals surface area contributed by atoms with Crippen molar-refractivity contribution >= 4 is 41.1 Å². The van der Waals surface area contributed by atoms with Crippen molar-refractivity contribution in [1.29, 1.82) is 0 Å². The number of carboxylic acids is 1. The highest BCUT2D eigenvalue weighted by atomic mass is 32.2. The second-order valence-corrected chi connectivity index (χ2v) is 8.66. The summed E-state index contributed by atoms with van der Waals surface area (Å²) in [5.41, 5.74) is 1.64. The van der Waals surface area contributed by atoms with Gasteiger partial charge >= 0.3 is 5.97 Å². The Labute approximate surface area is 199 Å². The smallest absolute Gasteiger partial charge is 0.305 e. The maximum absolute atomic E-state index is 13.0. The number of rotatable bonds is 8. The molecule has 11 nitrogen and oxygen atoms in total. The zero-order valence-corrected chi connectivity index (χ0v) is 19.2. The van der Waals surface area contributed by atoms with Gasteiger partial charge in [0.05, 0.1) is 24.8 Å². The molecular weight excluding hydrogens is 458 g/mol. The van der Waals surface area contributed by atoms with Crippen LogP contribution in [-0.2, 0) is 16.1 Å². The molecule has 0 bridgehead atoms.